The maximum absolute atomic E-state index is 5.60. The molecule has 124 valence electrons. The highest BCUT2D eigenvalue weighted by molar-refractivity contribution is 7.99. The molecule has 0 aromatic carbocycles. The molecule has 0 aliphatic carbocycles. The zero-order chi connectivity index (χ0) is 16.5. The number of hydrogen-bond donors (Lipinski definition) is 0. The van der Waals surface area contributed by atoms with Crippen molar-refractivity contribution in [3.05, 3.63) is 35.9 Å². The number of anilines is 1. The minimum Gasteiger partial charge on any atom is -0.463 e. The lowest BCUT2D eigenvalue weighted by Crippen LogP contribution is -2.33. The third-order valence-electron chi connectivity index (χ3n) is 4.23. The summed E-state index contributed by atoms with van der Waals surface area (Å²) < 4.78 is 11.1. The topological polar surface area (TPSA) is 68.2 Å². The molecule has 0 atom stereocenters. The van der Waals surface area contributed by atoms with Crippen LogP contribution in [0.1, 0.15) is 11.3 Å². The standard InChI is InChI=1S/C17H18N4O2S/c1-11-12(2)20-23-16(11)13-10-18-17(21-5-8-24-9-6-21)19-15(13)14-4-3-7-22-14/h3-4,7,10H,5-6,8-9H2,1-2H3. The van der Waals surface area contributed by atoms with Gasteiger partial charge in [0.2, 0.25) is 5.95 Å². The van der Waals surface area contributed by atoms with Gasteiger partial charge in [-0.05, 0) is 26.0 Å². The average Bonchev–Trinajstić information content (AvgIpc) is 3.27. The number of rotatable bonds is 3. The number of aromatic nitrogens is 3. The van der Waals surface area contributed by atoms with Gasteiger partial charge >= 0.3 is 0 Å². The molecule has 1 aliphatic rings. The number of nitrogens with zero attached hydrogens (tertiary/aromatic N) is 4. The van der Waals surface area contributed by atoms with E-state index >= 15 is 0 Å². The van der Waals surface area contributed by atoms with Crippen molar-refractivity contribution in [2.24, 2.45) is 0 Å². The van der Waals surface area contributed by atoms with E-state index in [0.717, 1.165) is 53.1 Å². The SMILES string of the molecule is Cc1noc(-c2cnc(N3CCSCC3)nc2-c2ccco2)c1C. The monoisotopic (exact) mass is 342 g/mol. The summed E-state index contributed by atoms with van der Waals surface area (Å²) in [5, 5.41) is 4.05. The molecule has 1 fully saturated rings. The van der Waals surface area contributed by atoms with E-state index in [1.165, 1.54) is 0 Å². The molecule has 3 aromatic heterocycles. The van der Waals surface area contributed by atoms with Crippen LogP contribution in [-0.4, -0.2) is 39.7 Å². The minimum atomic E-state index is 0.694. The Morgan fingerprint density at radius 3 is 2.71 bits per heavy atom. The Labute approximate surface area is 144 Å². The first-order chi connectivity index (χ1) is 11.7. The van der Waals surface area contributed by atoms with Gasteiger partial charge < -0.3 is 13.8 Å². The van der Waals surface area contributed by atoms with E-state index in [-0.39, 0.29) is 0 Å². The highest BCUT2D eigenvalue weighted by Crippen LogP contribution is 2.34. The molecule has 1 saturated heterocycles. The zero-order valence-electron chi connectivity index (χ0n) is 13.7. The summed E-state index contributed by atoms with van der Waals surface area (Å²) in [7, 11) is 0. The molecule has 0 unspecified atom stereocenters. The molecular formula is C17H18N4O2S. The fourth-order valence-corrected chi connectivity index (χ4v) is 3.63. The summed E-state index contributed by atoms with van der Waals surface area (Å²) in [6, 6.07) is 3.76. The number of hydrogen-bond acceptors (Lipinski definition) is 7. The van der Waals surface area contributed by atoms with Crippen LogP contribution in [0.5, 0.6) is 0 Å². The van der Waals surface area contributed by atoms with Gasteiger partial charge in [0.15, 0.2) is 11.5 Å². The third kappa shape index (κ3) is 2.69. The Hall–Kier alpha value is -2.28. The Morgan fingerprint density at radius 1 is 1.21 bits per heavy atom. The predicted octanol–water partition coefficient (Wildman–Crippen LogP) is 3.56. The van der Waals surface area contributed by atoms with Crippen molar-refractivity contribution in [2.45, 2.75) is 13.8 Å². The van der Waals surface area contributed by atoms with Crippen LogP contribution in [0.3, 0.4) is 0 Å². The van der Waals surface area contributed by atoms with E-state index in [1.54, 1.807) is 6.26 Å². The van der Waals surface area contributed by atoms with Crippen LogP contribution in [0.4, 0.5) is 5.95 Å². The largest absolute Gasteiger partial charge is 0.463 e. The fourth-order valence-electron chi connectivity index (χ4n) is 2.72. The number of furan rings is 1. The highest BCUT2D eigenvalue weighted by atomic mass is 32.2. The van der Waals surface area contributed by atoms with E-state index in [0.29, 0.717) is 11.5 Å². The van der Waals surface area contributed by atoms with Crippen molar-refractivity contribution >= 4 is 17.7 Å². The smallest absolute Gasteiger partial charge is 0.226 e. The molecule has 0 amide bonds. The quantitative estimate of drug-likeness (QED) is 0.721. The molecule has 0 spiro atoms. The van der Waals surface area contributed by atoms with Crippen LogP contribution in [0, 0.1) is 13.8 Å². The van der Waals surface area contributed by atoms with Crippen LogP contribution in [0.15, 0.2) is 33.5 Å². The molecule has 0 saturated carbocycles. The molecule has 7 heteroatoms. The van der Waals surface area contributed by atoms with E-state index in [1.807, 2.05) is 43.9 Å². The molecule has 3 aromatic rings. The van der Waals surface area contributed by atoms with Crippen molar-refractivity contribution in [3.63, 3.8) is 0 Å². The summed E-state index contributed by atoms with van der Waals surface area (Å²) in [5.41, 5.74) is 3.40. The first kappa shape index (κ1) is 15.3. The molecule has 24 heavy (non-hydrogen) atoms. The molecule has 0 radical (unpaired) electrons. The summed E-state index contributed by atoms with van der Waals surface area (Å²) in [6.07, 6.45) is 3.46. The Kier molecular flexibility index (Phi) is 4.02. The Morgan fingerprint density at radius 2 is 2.04 bits per heavy atom. The first-order valence-electron chi connectivity index (χ1n) is 7.91. The van der Waals surface area contributed by atoms with Gasteiger partial charge in [0.25, 0.3) is 0 Å². The van der Waals surface area contributed by atoms with Crippen molar-refractivity contribution < 1.29 is 8.94 Å². The highest BCUT2D eigenvalue weighted by Gasteiger charge is 2.22. The van der Waals surface area contributed by atoms with Crippen LogP contribution < -0.4 is 4.90 Å². The summed E-state index contributed by atoms with van der Waals surface area (Å²) in [5.74, 6) is 4.33. The zero-order valence-corrected chi connectivity index (χ0v) is 14.5. The van der Waals surface area contributed by atoms with Gasteiger partial charge in [0.05, 0.1) is 17.5 Å². The van der Waals surface area contributed by atoms with Crippen LogP contribution in [-0.2, 0) is 0 Å². The molecule has 0 N–H and O–H groups in total. The second-order valence-electron chi connectivity index (χ2n) is 5.73. The summed E-state index contributed by atoms with van der Waals surface area (Å²) in [6.45, 7) is 5.84. The van der Waals surface area contributed by atoms with E-state index in [2.05, 4.69) is 15.0 Å². The van der Waals surface area contributed by atoms with Gasteiger partial charge in [-0.3, -0.25) is 0 Å². The van der Waals surface area contributed by atoms with Crippen LogP contribution in [0.2, 0.25) is 0 Å². The van der Waals surface area contributed by atoms with Crippen molar-refractivity contribution in [3.8, 4) is 22.8 Å². The summed E-state index contributed by atoms with van der Waals surface area (Å²) >= 11 is 1.96. The van der Waals surface area contributed by atoms with Gasteiger partial charge in [-0.1, -0.05) is 5.16 Å². The Bertz CT molecular complexity index is 838. The molecule has 0 bridgehead atoms. The van der Waals surface area contributed by atoms with Gasteiger partial charge in [-0.2, -0.15) is 11.8 Å². The van der Waals surface area contributed by atoms with Crippen molar-refractivity contribution in [1.29, 1.82) is 0 Å². The van der Waals surface area contributed by atoms with Gasteiger partial charge in [0.1, 0.15) is 5.69 Å². The molecule has 4 heterocycles. The van der Waals surface area contributed by atoms with Gasteiger partial charge in [-0.15, -0.1) is 0 Å². The van der Waals surface area contributed by atoms with Gasteiger partial charge in [-0.25, -0.2) is 9.97 Å². The molecule has 4 rings (SSSR count). The number of aryl methyl sites for hydroxylation is 1. The third-order valence-corrected chi connectivity index (χ3v) is 5.17. The van der Waals surface area contributed by atoms with Crippen LogP contribution >= 0.6 is 11.8 Å². The molecule has 6 nitrogen and oxygen atoms in total. The fraction of sp³-hybridized carbons (Fsp3) is 0.353. The molecular weight excluding hydrogens is 324 g/mol. The van der Waals surface area contributed by atoms with Crippen LogP contribution in [0.25, 0.3) is 22.8 Å². The lowest BCUT2D eigenvalue weighted by atomic mass is 10.1. The Balaban J connectivity index is 1.83. The second-order valence-corrected chi connectivity index (χ2v) is 6.96. The minimum absolute atomic E-state index is 0.694. The lowest BCUT2D eigenvalue weighted by molar-refractivity contribution is 0.426. The lowest BCUT2D eigenvalue weighted by Gasteiger charge is -2.26. The van der Waals surface area contributed by atoms with Crippen molar-refractivity contribution in [1.82, 2.24) is 15.1 Å². The summed E-state index contributed by atoms with van der Waals surface area (Å²) in [4.78, 5) is 11.6. The predicted molar refractivity (Wildman–Crippen MR) is 94.2 cm³/mol. The maximum Gasteiger partial charge on any atom is 0.226 e. The maximum atomic E-state index is 5.60. The van der Waals surface area contributed by atoms with E-state index < -0.39 is 0 Å². The van der Waals surface area contributed by atoms with Gasteiger partial charge in [0, 0.05) is 36.4 Å². The van der Waals surface area contributed by atoms with Crippen molar-refractivity contribution in [2.75, 3.05) is 29.5 Å². The first-order valence-corrected chi connectivity index (χ1v) is 9.06. The molecule has 1 aliphatic heterocycles. The normalized spacial score (nSPS) is 15.0. The van der Waals surface area contributed by atoms with E-state index in [9.17, 15) is 0 Å². The second kappa shape index (κ2) is 6.32. The average molecular weight is 342 g/mol. The van der Waals surface area contributed by atoms with E-state index in [4.69, 9.17) is 13.9 Å². The number of thioether (sulfide) groups is 1.